The Bertz CT molecular complexity index is 478. The molecule has 0 spiro atoms. The van der Waals surface area contributed by atoms with Crippen molar-refractivity contribution in [2.75, 3.05) is 32.1 Å². The normalized spacial score (nSPS) is 19.6. The van der Waals surface area contributed by atoms with Crippen LogP contribution < -0.4 is 4.90 Å². The number of nitrogens with zero attached hydrogens (tertiary/aromatic N) is 4. The summed E-state index contributed by atoms with van der Waals surface area (Å²) in [6.45, 7) is 3.72. The molecule has 0 saturated carbocycles. The minimum atomic E-state index is -1.02. The van der Waals surface area contributed by atoms with Crippen LogP contribution >= 0.6 is 0 Å². The predicted molar refractivity (Wildman–Crippen MR) is 72.7 cm³/mol. The highest BCUT2D eigenvalue weighted by Crippen LogP contribution is 2.17. The van der Waals surface area contributed by atoms with E-state index in [0.717, 1.165) is 13.1 Å². The SMILES string of the molecule is Cc1cc(C(=O)O)nc(N(C)CC2CCCN2C)n1. The molecule has 1 aliphatic rings. The number of carboxylic acid groups (broad SMARTS) is 1. The number of anilines is 1. The molecular weight excluding hydrogens is 244 g/mol. The van der Waals surface area contributed by atoms with Gasteiger partial charge in [-0.05, 0) is 39.4 Å². The lowest BCUT2D eigenvalue weighted by molar-refractivity contribution is 0.0690. The molecule has 0 amide bonds. The molecule has 2 heterocycles. The fourth-order valence-corrected chi connectivity index (χ4v) is 2.44. The topological polar surface area (TPSA) is 69.6 Å². The average Bonchev–Trinajstić information content (AvgIpc) is 2.74. The molecule has 6 heteroatoms. The van der Waals surface area contributed by atoms with E-state index in [0.29, 0.717) is 17.7 Å². The third kappa shape index (κ3) is 3.20. The molecule has 1 aliphatic heterocycles. The van der Waals surface area contributed by atoms with E-state index in [2.05, 4.69) is 21.9 Å². The second kappa shape index (κ2) is 5.52. The smallest absolute Gasteiger partial charge is 0.354 e. The Kier molecular flexibility index (Phi) is 3.99. The quantitative estimate of drug-likeness (QED) is 0.875. The van der Waals surface area contributed by atoms with Crippen molar-refractivity contribution in [1.29, 1.82) is 0 Å². The molecule has 1 aromatic heterocycles. The van der Waals surface area contributed by atoms with Gasteiger partial charge in [-0.25, -0.2) is 14.8 Å². The number of likely N-dealkylation sites (N-methyl/N-ethyl adjacent to an activating group) is 2. The van der Waals surface area contributed by atoms with E-state index in [-0.39, 0.29) is 5.69 Å². The lowest BCUT2D eigenvalue weighted by Crippen LogP contribution is -2.37. The van der Waals surface area contributed by atoms with Gasteiger partial charge in [-0.15, -0.1) is 0 Å². The first kappa shape index (κ1) is 13.7. The Hall–Kier alpha value is -1.69. The maximum atomic E-state index is 11.0. The summed E-state index contributed by atoms with van der Waals surface area (Å²) in [5.41, 5.74) is 0.725. The molecular formula is C13H20N4O2. The van der Waals surface area contributed by atoms with Crippen LogP contribution in [0.2, 0.25) is 0 Å². The molecule has 1 aromatic rings. The second-order valence-corrected chi connectivity index (χ2v) is 5.16. The molecule has 6 nitrogen and oxygen atoms in total. The number of hydrogen-bond donors (Lipinski definition) is 1. The van der Waals surface area contributed by atoms with Crippen molar-refractivity contribution >= 4 is 11.9 Å². The van der Waals surface area contributed by atoms with E-state index in [4.69, 9.17) is 5.11 Å². The van der Waals surface area contributed by atoms with Gasteiger partial charge < -0.3 is 14.9 Å². The molecule has 1 saturated heterocycles. The maximum Gasteiger partial charge on any atom is 0.354 e. The van der Waals surface area contributed by atoms with Gasteiger partial charge in [0, 0.05) is 25.3 Å². The number of carboxylic acids is 1. The van der Waals surface area contributed by atoms with Crippen LogP contribution in [0, 0.1) is 6.92 Å². The molecule has 0 aromatic carbocycles. The molecule has 1 atom stereocenters. The van der Waals surface area contributed by atoms with Gasteiger partial charge >= 0.3 is 5.97 Å². The van der Waals surface area contributed by atoms with E-state index in [1.165, 1.54) is 18.9 Å². The van der Waals surface area contributed by atoms with Crippen molar-refractivity contribution in [1.82, 2.24) is 14.9 Å². The minimum absolute atomic E-state index is 0.0501. The number of hydrogen-bond acceptors (Lipinski definition) is 5. The Morgan fingerprint density at radius 1 is 1.58 bits per heavy atom. The van der Waals surface area contributed by atoms with Crippen LogP contribution in [0.25, 0.3) is 0 Å². The third-order valence-corrected chi connectivity index (χ3v) is 3.56. The van der Waals surface area contributed by atoms with Gasteiger partial charge in [0.05, 0.1) is 0 Å². The van der Waals surface area contributed by atoms with Crippen molar-refractivity contribution < 1.29 is 9.90 Å². The Morgan fingerprint density at radius 3 is 2.89 bits per heavy atom. The van der Waals surface area contributed by atoms with E-state index in [1.807, 2.05) is 11.9 Å². The Morgan fingerprint density at radius 2 is 2.32 bits per heavy atom. The number of likely N-dealkylation sites (tertiary alicyclic amines) is 1. The van der Waals surface area contributed by atoms with Gasteiger partial charge in [-0.1, -0.05) is 0 Å². The van der Waals surface area contributed by atoms with E-state index in [1.54, 1.807) is 6.92 Å². The first-order valence-corrected chi connectivity index (χ1v) is 6.47. The maximum absolute atomic E-state index is 11.0. The summed E-state index contributed by atoms with van der Waals surface area (Å²) >= 11 is 0. The van der Waals surface area contributed by atoms with Crippen LogP contribution in [-0.2, 0) is 0 Å². The van der Waals surface area contributed by atoms with E-state index < -0.39 is 5.97 Å². The summed E-state index contributed by atoms with van der Waals surface area (Å²) in [4.78, 5) is 23.7. The Balaban J connectivity index is 2.14. The molecule has 2 rings (SSSR count). The average molecular weight is 264 g/mol. The Labute approximate surface area is 113 Å². The zero-order valence-corrected chi connectivity index (χ0v) is 11.6. The summed E-state index contributed by atoms with van der Waals surface area (Å²) in [5, 5.41) is 9.02. The molecule has 19 heavy (non-hydrogen) atoms. The molecule has 104 valence electrons. The highest BCUT2D eigenvalue weighted by molar-refractivity contribution is 5.85. The van der Waals surface area contributed by atoms with Gasteiger partial charge in [-0.3, -0.25) is 0 Å². The number of aryl methyl sites for hydroxylation is 1. The van der Waals surface area contributed by atoms with Gasteiger partial charge in [0.25, 0.3) is 0 Å². The van der Waals surface area contributed by atoms with Gasteiger partial charge in [0.1, 0.15) is 0 Å². The highest BCUT2D eigenvalue weighted by Gasteiger charge is 2.23. The van der Waals surface area contributed by atoms with Crippen LogP contribution in [0.4, 0.5) is 5.95 Å². The van der Waals surface area contributed by atoms with Crippen molar-refractivity contribution in [2.45, 2.75) is 25.8 Å². The standard InChI is InChI=1S/C13H20N4O2/c1-9-7-11(12(18)19)15-13(14-9)17(3)8-10-5-4-6-16(10)2/h7,10H,4-6,8H2,1-3H3,(H,18,19). The van der Waals surface area contributed by atoms with Crippen LogP contribution in [0.3, 0.4) is 0 Å². The molecule has 1 unspecified atom stereocenters. The predicted octanol–water partition coefficient (Wildman–Crippen LogP) is 1.01. The first-order valence-electron chi connectivity index (χ1n) is 6.47. The van der Waals surface area contributed by atoms with Gasteiger partial charge in [-0.2, -0.15) is 0 Å². The van der Waals surface area contributed by atoms with Crippen LogP contribution in [-0.4, -0.2) is 59.2 Å². The van der Waals surface area contributed by atoms with Crippen molar-refractivity contribution in [3.63, 3.8) is 0 Å². The van der Waals surface area contributed by atoms with Crippen LogP contribution in [0.5, 0.6) is 0 Å². The van der Waals surface area contributed by atoms with Gasteiger partial charge in [0.15, 0.2) is 5.69 Å². The molecule has 0 aliphatic carbocycles. The number of carbonyl (C=O) groups is 1. The molecule has 1 N–H and O–H groups in total. The second-order valence-electron chi connectivity index (χ2n) is 5.16. The molecule has 1 fully saturated rings. The van der Waals surface area contributed by atoms with Gasteiger partial charge in [0.2, 0.25) is 5.95 Å². The van der Waals surface area contributed by atoms with Crippen LogP contribution in [0.15, 0.2) is 6.07 Å². The summed E-state index contributed by atoms with van der Waals surface area (Å²) in [6, 6.07) is 1.98. The minimum Gasteiger partial charge on any atom is -0.477 e. The monoisotopic (exact) mass is 264 g/mol. The van der Waals surface area contributed by atoms with Crippen molar-refractivity contribution in [3.8, 4) is 0 Å². The van der Waals surface area contributed by atoms with Crippen LogP contribution in [0.1, 0.15) is 29.0 Å². The van der Waals surface area contributed by atoms with Crippen molar-refractivity contribution in [2.24, 2.45) is 0 Å². The third-order valence-electron chi connectivity index (χ3n) is 3.56. The lowest BCUT2D eigenvalue weighted by atomic mass is 10.2. The van der Waals surface area contributed by atoms with E-state index >= 15 is 0 Å². The highest BCUT2D eigenvalue weighted by atomic mass is 16.4. The summed E-state index contributed by atoms with van der Waals surface area (Å²) in [5.74, 6) is -0.532. The summed E-state index contributed by atoms with van der Waals surface area (Å²) < 4.78 is 0. The number of rotatable bonds is 4. The fourth-order valence-electron chi connectivity index (χ4n) is 2.44. The van der Waals surface area contributed by atoms with Crippen molar-refractivity contribution in [3.05, 3.63) is 17.5 Å². The zero-order chi connectivity index (χ0) is 14.0. The number of aromatic nitrogens is 2. The summed E-state index contributed by atoms with van der Waals surface area (Å²) in [6.07, 6.45) is 2.38. The largest absolute Gasteiger partial charge is 0.477 e. The number of aromatic carboxylic acids is 1. The summed E-state index contributed by atoms with van der Waals surface area (Å²) in [7, 11) is 4.03. The lowest BCUT2D eigenvalue weighted by Gasteiger charge is -2.26. The molecule has 0 radical (unpaired) electrons. The first-order chi connectivity index (χ1) is 8.97. The van der Waals surface area contributed by atoms with E-state index in [9.17, 15) is 4.79 Å². The zero-order valence-electron chi connectivity index (χ0n) is 11.6. The fraction of sp³-hybridized carbons (Fsp3) is 0.615. The molecule has 0 bridgehead atoms.